The molecule has 1 aliphatic rings. The summed E-state index contributed by atoms with van der Waals surface area (Å²) in [5.41, 5.74) is 1.59. The first-order valence-electron chi connectivity index (χ1n) is 7.53. The van der Waals surface area contributed by atoms with Gasteiger partial charge in [-0.3, -0.25) is 14.8 Å². The van der Waals surface area contributed by atoms with Crippen molar-refractivity contribution in [3.63, 3.8) is 0 Å². The Morgan fingerprint density at radius 3 is 3.00 bits per heavy atom. The first kappa shape index (κ1) is 14.8. The number of imidazole rings is 1. The Balaban J connectivity index is 1.83. The van der Waals surface area contributed by atoms with Crippen molar-refractivity contribution in [1.29, 1.82) is 0 Å². The fourth-order valence-corrected chi connectivity index (χ4v) is 3.03. The van der Waals surface area contributed by atoms with Crippen LogP contribution in [0.1, 0.15) is 40.8 Å². The normalized spacial score (nSPS) is 18.8. The maximum Gasteiger partial charge on any atom is 0.256 e. The summed E-state index contributed by atoms with van der Waals surface area (Å²) >= 11 is 0. The van der Waals surface area contributed by atoms with E-state index in [4.69, 9.17) is 0 Å². The van der Waals surface area contributed by atoms with E-state index >= 15 is 0 Å². The predicted octanol–water partition coefficient (Wildman–Crippen LogP) is 1.18. The Kier molecular flexibility index (Phi) is 3.98. The van der Waals surface area contributed by atoms with Crippen LogP contribution >= 0.6 is 0 Å². The second-order valence-electron chi connectivity index (χ2n) is 5.98. The van der Waals surface area contributed by atoms with E-state index in [0.717, 1.165) is 37.4 Å². The third kappa shape index (κ3) is 2.64. The van der Waals surface area contributed by atoms with E-state index in [0.29, 0.717) is 5.56 Å². The average molecular weight is 302 g/mol. The molecule has 2 aromatic heterocycles. The third-order valence-corrected chi connectivity index (χ3v) is 4.27. The summed E-state index contributed by atoms with van der Waals surface area (Å²) in [4.78, 5) is 20.6. The number of H-pyrrole nitrogens is 1. The molecule has 0 aromatic carbocycles. The molecule has 0 aliphatic carbocycles. The van der Waals surface area contributed by atoms with Crippen LogP contribution < -0.4 is 0 Å². The molecule has 2 aromatic rings. The number of amides is 1. The van der Waals surface area contributed by atoms with Crippen molar-refractivity contribution < 1.29 is 4.79 Å². The van der Waals surface area contributed by atoms with Crippen LogP contribution in [0, 0.1) is 0 Å². The molecular weight excluding hydrogens is 280 g/mol. The second-order valence-corrected chi connectivity index (χ2v) is 5.98. The van der Waals surface area contributed by atoms with Gasteiger partial charge in [-0.1, -0.05) is 0 Å². The summed E-state index contributed by atoms with van der Waals surface area (Å²) in [6.07, 6.45) is 7.55. The summed E-state index contributed by atoms with van der Waals surface area (Å²) in [6, 6.07) is 0.193. The van der Waals surface area contributed by atoms with Crippen molar-refractivity contribution in [2.75, 3.05) is 20.6 Å². The highest BCUT2D eigenvalue weighted by Crippen LogP contribution is 2.33. The Bertz CT molecular complexity index is 659. The molecule has 3 heterocycles. The number of hydrogen-bond donors (Lipinski definition) is 1. The lowest BCUT2D eigenvalue weighted by atomic mass is 10.1. The first-order valence-corrected chi connectivity index (χ1v) is 7.53. The topological polar surface area (TPSA) is 70.1 Å². The van der Waals surface area contributed by atoms with Crippen molar-refractivity contribution in [2.24, 2.45) is 7.05 Å². The van der Waals surface area contributed by atoms with Crippen LogP contribution in [-0.4, -0.2) is 56.1 Å². The minimum Gasteiger partial charge on any atom is -0.345 e. The van der Waals surface area contributed by atoms with Gasteiger partial charge in [-0.2, -0.15) is 5.10 Å². The molecule has 1 fully saturated rings. The molecule has 7 nitrogen and oxygen atoms in total. The molecule has 3 rings (SSSR count). The van der Waals surface area contributed by atoms with Crippen molar-refractivity contribution in [3.05, 3.63) is 35.7 Å². The molecule has 0 unspecified atom stereocenters. The van der Waals surface area contributed by atoms with Crippen LogP contribution in [0.3, 0.4) is 0 Å². The van der Waals surface area contributed by atoms with Gasteiger partial charge in [0.05, 0.1) is 30.0 Å². The quantitative estimate of drug-likeness (QED) is 0.921. The molecular formula is C15H22N6O. The number of carbonyl (C=O) groups is 1. The van der Waals surface area contributed by atoms with Crippen LogP contribution in [0.25, 0.3) is 0 Å². The molecule has 118 valence electrons. The van der Waals surface area contributed by atoms with Crippen molar-refractivity contribution in [2.45, 2.75) is 25.4 Å². The molecule has 0 radical (unpaired) electrons. The fourth-order valence-electron chi connectivity index (χ4n) is 3.03. The van der Waals surface area contributed by atoms with Crippen LogP contribution in [0.2, 0.25) is 0 Å². The summed E-state index contributed by atoms with van der Waals surface area (Å²) in [6.45, 7) is 1.79. The monoisotopic (exact) mass is 302 g/mol. The van der Waals surface area contributed by atoms with Crippen LogP contribution in [0.15, 0.2) is 18.6 Å². The third-order valence-electron chi connectivity index (χ3n) is 4.27. The maximum atomic E-state index is 12.3. The summed E-state index contributed by atoms with van der Waals surface area (Å²) < 4.78 is 2.04. The lowest BCUT2D eigenvalue weighted by molar-refractivity contribution is 0.0824. The lowest BCUT2D eigenvalue weighted by Crippen LogP contribution is -2.28. The molecule has 1 aliphatic heterocycles. The minimum absolute atomic E-state index is 0.00686. The van der Waals surface area contributed by atoms with Gasteiger partial charge in [0.15, 0.2) is 0 Å². The van der Waals surface area contributed by atoms with E-state index in [1.54, 1.807) is 25.2 Å². The number of hydrogen-bond acceptors (Lipinski definition) is 4. The SMILES string of the molecule is CN(C)C(=O)c1cn[nH]c1[C@@H]1CCCN1Cc1nccn1C. The number of carbonyl (C=O) groups excluding carboxylic acids is 1. The lowest BCUT2D eigenvalue weighted by Gasteiger charge is -2.24. The van der Waals surface area contributed by atoms with Gasteiger partial charge in [0.2, 0.25) is 0 Å². The van der Waals surface area contributed by atoms with Crippen molar-refractivity contribution in [1.82, 2.24) is 29.5 Å². The zero-order chi connectivity index (χ0) is 15.7. The number of nitrogens with zero attached hydrogens (tertiary/aromatic N) is 5. The van der Waals surface area contributed by atoms with Gasteiger partial charge in [-0.15, -0.1) is 0 Å². The number of aromatic amines is 1. The zero-order valence-electron chi connectivity index (χ0n) is 13.3. The van der Waals surface area contributed by atoms with E-state index in [1.165, 1.54) is 0 Å². The average Bonchev–Trinajstić information content (AvgIpc) is 3.20. The fraction of sp³-hybridized carbons (Fsp3) is 0.533. The molecule has 0 spiro atoms. The van der Waals surface area contributed by atoms with E-state index < -0.39 is 0 Å². The summed E-state index contributed by atoms with van der Waals surface area (Å²) in [5.74, 6) is 1.03. The Morgan fingerprint density at radius 2 is 2.32 bits per heavy atom. The smallest absolute Gasteiger partial charge is 0.256 e. The van der Waals surface area contributed by atoms with Gasteiger partial charge in [0.25, 0.3) is 5.91 Å². The molecule has 1 amide bonds. The molecule has 1 saturated heterocycles. The van der Waals surface area contributed by atoms with E-state index in [-0.39, 0.29) is 11.9 Å². The van der Waals surface area contributed by atoms with Crippen LogP contribution in [0.4, 0.5) is 0 Å². The van der Waals surface area contributed by atoms with Crippen LogP contribution in [-0.2, 0) is 13.6 Å². The van der Waals surface area contributed by atoms with Crippen molar-refractivity contribution in [3.8, 4) is 0 Å². The number of rotatable bonds is 4. The Morgan fingerprint density at radius 1 is 1.50 bits per heavy atom. The van der Waals surface area contributed by atoms with Gasteiger partial charge in [0.1, 0.15) is 5.82 Å². The number of nitrogens with one attached hydrogen (secondary N) is 1. The number of aryl methyl sites for hydroxylation is 1. The van der Waals surface area contributed by atoms with Gasteiger partial charge in [-0.25, -0.2) is 4.98 Å². The van der Waals surface area contributed by atoms with Gasteiger partial charge < -0.3 is 9.47 Å². The van der Waals surface area contributed by atoms with Gasteiger partial charge in [0, 0.05) is 33.5 Å². The standard InChI is InChI=1S/C15H22N6O/c1-19(2)15(22)11-9-17-18-14(11)12-5-4-7-21(12)10-13-16-6-8-20(13)3/h6,8-9,12H,4-5,7,10H2,1-3H3,(H,17,18)/t12-/m0/s1. The molecule has 1 atom stereocenters. The molecule has 22 heavy (non-hydrogen) atoms. The summed E-state index contributed by atoms with van der Waals surface area (Å²) in [5, 5.41) is 7.14. The number of aromatic nitrogens is 4. The van der Waals surface area contributed by atoms with E-state index in [9.17, 15) is 4.79 Å². The van der Waals surface area contributed by atoms with Crippen LogP contribution in [0.5, 0.6) is 0 Å². The predicted molar refractivity (Wildman–Crippen MR) is 82.2 cm³/mol. The first-order chi connectivity index (χ1) is 10.6. The minimum atomic E-state index is -0.00686. The maximum absolute atomic E-state index is 12.3. The Hall–Kier alpha value is -2.15. The highest BCUT2D eigenvalue weighted by molar-refractivity contribution is 5.94. The molecule has 0 bridgehead atoms. The highest BCUT2D eigenvalue weighted by Gasteiger charge is 2.31. The summed E-state index contributed by atoms with van der Waals surface area (Å²) in [7, 11) is 5.53. The number of likely N-dealkylation sites (tertiary alicyclic amines) is 1. The Labute approximate surface area is 129 Å². The largest absolute Gasteiger partial charge is 0.345 e. The molecule has 1 N–H and O–H groups in total. The second kappa shape index (κ2) is 5.92. The molecule has 7 heteroatoms. The van der Waals surface area contributed by atoms with Crippen molar-refractivity contribution >= 4 is 5.91 Å². The van der Waals surface area contributed by atoms with Gasteiger partial charge >= 0.3 is 0 Å². The van der Waals surface area contributed by atoms with E-state index in [2.05, 4.69) is 20.1 Å². The highest BCUT2D eigenvalue weighted by atomic mass is 16.2. The zero-order valence-corrected chi connectivity index (χ0v) is 13.3. The van der Waals surface area contributed by atoms with E-state index in [1.807, 2.05) is 24.0 Å². The molecule has 0 saturated carbocycles. The van der Waals surface area contributed by atoms with Gasteiger partial charge in [-0.05, 0) is 19.4 Å².